The molecule has 29 heavy (non-hydrogen) atoms. The lowest BCUT2D eigenvalue weighted by atomic mass is 9.85. The average Bonchev–Trinajstić information content (AvgIpc) is 2.61. The van der Waals surface area contributed by atoms with Crippen molar-refractivity contribution < 1.29 is 30.8 Å². The van der Waals surface area contributed by atoms with E-state index in [0.29, 0.717) is 6.07 Å². The fourth-order valence-electron chi connectivity index (χ4n) is 3.11. The molecule has 2 aromatic carbocycles. The van der Waals surface area contributed by atoms with Crippen molar-refractivity contribution in [1.82, 2.24) is 5.32 Å². The molecule has 0 aromatic heterocycles. The quantitative estimate of drug-likeness (QED) is 0.684. The van der Waals surface area contributed by atoms with Crippen LogP contribution in [0.25, 0.3) is 0 Å². The molecule has 0 bridgehead atoms. The highest BCUT2D eigenvalue weighted by Gasteiger charge is 2.40. The number of hydrogen-bond donors (Lipinski definition) is 1. The molecule has 1 aliphatic rings. The molecular formula is C19H16ClF4NO3S. The summed E-state index contributed by atoms with van der Waals surface area (Å²) in [4.78, 5) is 11.7. The molecule has 1 fully saturated rings. The van der Waals surface area contributed by atoms with Gasteiger partial charge in [-0.25, -0.2) is 12.8 Å². The number of nitrogens with one attached hydrogen (secondary N) is 1. The van der Waals surface area contributed by atoms with Crippen molar-refractivity contribution in [2.45, 2.75) is 29.2 Å². The van der Waals surface area contributed by atoms with Gasteiger partial charge in [-0.15, -0.1) is 0 Å². The SMILES string of the molecule is O=C(NC[C@H]1C[C@@H](S(=O)(=O)c2cccc(C(F)(F)F)c2)C1)c1ccc(F)c(Cl)c1. The van der Waals surface area contributed by atoms with E-state index in [2.05, 4.69) is 5.32 Å². The van der Waals surface area contributed by atoms with Crippen LogP contribution in [0.15, 0.2) is 47.4 Å². The second-order valence-corrected chi connectivity index (χ2v) is 9.50. The van der Waals surface area contributed by atoms with Crippen molar-refractivity contribution in [1.29, 1.82) is 0 Å². The molecule has 3 rings (SSSR count). The normalized spacial score (nSPS) is 19.5. The van der Waals surface area contributed by atoms with Crippen molar-refractivity contribution >= 4 is 27.3 Å². The molecule has 1 amide bonds. The molecule has 0 unspecified atom stereocenters. The molecule has 10 heteroatoms. The van der Waals surface area contributed by atoms with Gasteiger partial charge in [0.15, 0.2) is 9.84 Å². The largest absolute Gasteiger partial charge is 0.416 e. The van der Waals surface area contributed by atoms with Gasteiger partial charge in [-0.1, -0.05) is 17.7 Å². The topological polar surface area (TPSA) is 63.2 Å². The number of hydrogen-bond acceptors (Lipinski definition) is 3. The summed E-state index contributed by atoms with van der Waals surface area (Å²) in [5.74, 6) is -1.25. The van der Waals surface area contributed by atoms with Crippen LogP contribution in [0, 0.1) is 11.7 Å². The second kappa shape index (κ2) is 7.95. The number of benzene rings is 2. The first-order valence-corrected chi connectivity index (χ1v) is 10.6. The van der Waals surface area contributed by atoms with Crippen molar-refractivity contribution in [3.05, 3.63) is 64.4 Å². The number of halogens is 5. The van der Waals surface area contributed by atoms with Crippen LogP contribution in [-0.2, 0) is 16.0 Å². The Bertz CT molecular complexity index is 1030. The summed E-state index contributed by atoms with van der Waals surface area (Å²) < 4.78 is 76.7. The van der Waals surface area contributed by atoms with Gasteiger partial charge < -0.3 is 5.32 Å². The highest BCUT2D eigenvalue weighted by molar-refractivity contribution is 7.92. The molecule has 1 N–H and O–H groups in total. The summed E-state index contributed by atoms with van der Waals surface area (Å²) in [5, 5.41) is 1.64. The molecular weight excluding hydrogens is 434 g/mol. The van der Waals surface area contributed by atoms with Crippen LogP contribution in [0.3, 0.4) is 0 Å². The number of rotatable bonds is 5. The van der Waals surface area contributed by atoms with Gasteiger partial charge in [0.1, 0.15) is 5.82 Å². The van der Waals surface area contributed by atoms with Gasteiger partial charge in [-0.3, -0.25) is 4.79 Å². The van der Waals surface area contributed by atoms with Crippen LogP contribution in [0.5, 0.6) is 0 Å². The second-order valence-electron chi connectivity index (χ2n) is 6.87. The van der Waals surface area contributed by atoms with Crippen LogP contribution in [0.2, 0.25) is 5.02 Å². The number of sulfone groups is 1. The molecule has 0 heterocycles. The Labute approximate surface area is 169 Å². The summed E-state index contributed by atoms with van der Waals surface area (Å²) >= 11 is 5.63. The standard InChI is InChI=1S/C19H16ClF4NO3S/c20-16-8-12(4-5-17(16)21)18(26)25-10-11-6-15(7-11)29(27,28)14-3-1-2-13(9-14)19(22,23)24/h1-5,8-9,11,15H,6-7,10H2,(H,25,26)/t11-,15+. The lowest BCUT2D eigenvalue weighted by Crippen LogP contribution is -2.42. The summed E-state index contributed by atoms with van der Waals surface area (Å²) in [6.45, 7) is 0.197. The van der Waals surface area contributed by atoms with Gasteiger partial charge in [0.2, 0.25) is 0 Å². The van der Waals surface area contributed by atoms with E-state index in [1.165, 1.54) is 12.1 Å². The summed E-state index contributed by atoms with van der Waals surface area (Å²) in [5.41, 5.74) is -0.844. The average molecular weight is 450 g/mol. The third-order valence-corrected chi connectivity index (χ3v) is 7.32. The van der Waals surface area contributed by atoms with Gasteiger partial charge >= 0.3 is 6.18 Å². The fraction of sp³-hybridized carbons (Fsp3) is 0.316. The number of carbonyl (C=O) groups is 1. The first kappa shape index (κ1) is 21.6. The maximum atomic E-state index is 13.1. The predicted octanol–water partition coefficient (Wildman–Crippen LogP) is 4.48. The van der Waals surface area contributed by atoms with E-state index in [1.54, 1.807) is 0 Å². The molecule has 156 valence electrons. The highest BCUT2D eigenvalue weighted by Crippen LogP contribution is 2.37. The van der Waals surface area contributed by atoms with E-state index in [-0.39, 0.29) is 40.8 Å². The minimum Gasteiger partial charge on any atom is -0.352 e. The zero-order chi connectivity index (χ0) is 21.4. The van der Waals surface area contributed by atoms with E-state index in [4.69, 9.17) is 11.6 Å². The Morgan fingerprint density at radius 2 is 1.83 bits per heavy atom. The van der Waals surface area contributed by atoms with E-state index in [9.17, 15) is 30.8 Å². The third kappa shape index (κ3) is 4.72. The monoisotopic (exact) mass is 449 g/mol. The maximum Gasteiger partial charge on any atom is 0.416 e. The summed E-state index contributed by atoms with van der Waals surface area (Å²) in [6, 6.07) is 7.21. The van der Waals surface area contributed by atoms with Crippen LogP contribution < -0.4 is 5.32 Å². The Hall–Kier alpha value is -2.13. The number of amides is 1. The van der Waals surface area contributed by atoms with Crippen molar-refractivity contribution in [2.75, 3.05) is 6.54 Å². The Morgan fingerprint density at radius 3 is 2.45 bits per heavy atom. The van der Waals surface area contributed by atoms with Crippen molar-refractivity contribution in [3.8, 4) is 0 Å². The number of carbonyl (C=O) groups excluding carboxylic acids is 1. The minimum absolute atomic E-state index is 0.125. The van der Waals surface area contributed by atoms with Crippen molar-refractivity contribution in [2.24, 2.45) is 5.92 Å². The van der Waals surface area contributed by atoms with Crippen LogP contribution in [0.1, 0.15) is 28.8 Å². The van der Waals surface area contributed by atoms with E-state index in [1.807, 2.05) is 0 Å². The lowest BCUT2D eigenvalue weighted by molar-refractivity contribution is -0.137. The van der Waals surface area contributed by atoms with Gasteiger partial charge in [-0.2, -0.15) is 13.2 Å². The highest BCUT2D eigenvalue weighted by atomic mass is 35.5. The minimum atomic E-state index is -4.62. The molecule has 0 aliphatic heterocycles. The van der Waals surface area contributed by atoms with E-state index >= 15 is 0 Å². The molecule has 0 atom stereocenters. The van der Waals surface area contributed by atoms with Gasteiger partial charge in [-0.05, 0) is 55.2 Å². The Morgan fingerprint density at radius 1 is 1.14 bits per heavy atom. The lowest BCUT2D eigenvalue weighted by Gasteiger charge is -2.35. The molecule has 2 aromatic rings. The molecule has 0 saturated heterocycles. The zero-order valence-electron chi connectivity index (χ0n) is 14.8. The van der Waals surface area contributed by atoms with Crippen LogP contribution in [0.4, 0.5) is 17.6 Å². The Kier molecular flexibility index (Phi) is 5.91. The molecule has 1 saturated carbocycles. The zero-order valence-corrected chi connectivity index (χ0v) is 16.4. The molecule has 0 radical (unpaired) electrons. The van der Waals surface area contributed by atoms with E-state index in [0.717, 1.165) is 24.3 Å². The van der Waals surface area contributed by atoms with Crippen molar-refractivity contribution in [3.63, 3.8) is 0 Å². The predicted molar refractivity (Wildman–Crippen MR) is 98.9 cm³/mol. The fourth-order valence-corrected chi connectivity index (χ4v) is 5.29. The first-order chi connectivity index (χ1) is 13.5. The molecule has 0 spiro atoms. The summed E-state index contributed by atoms with van der Waals surface area (Å²) in [6.07, 6.45) is -4.17. The Balaban J connectivity index is 1.58. The maximum absolute atomic E-state index is 13.1. The van der Waals surface area contributed by atoms with Gasteiger partial charge in [0.05, 0.1) is 20.7 Å². The van der Waals surface area contributed by atoms with E-state index < -0.39 is 38.6 Å². The number of alkyl halides is 3. The van der Waals surface area contributed by atoms with Crippen LogP contribution >= 0.6 is 11.6 Å². The van der Waals surface area contributed by atoms with Gasteiger partial charge in [0, 0.05) is 12.1 Å². The van der Waals surface area contributed by atoms with Crippen LogP contribution in [-0.4, -0.2) is 26.1 Å². The molecule has 1 aliphatic carbocycles. The third-order valence-electron chi connectivity index (χ3n) is 4.85. The smallest absolute Gasteiger partial charge is 0.352 e. The first-order valence-electron chi connectivity index (χ1n) is 8.63. The summed E-state index contributed by atoms with van der Waals surface area (Å²) in [7, 11) is -3.89. The van der Waals surface area contributed by atoms with Gasteiger partial charge in [0.25, 0.3) is 5.91 Å². The molecule has 4 nitrogen and oxygen atoms in total.